The molecule has 0 aliphatic carbocycles. The molecule has 8 nitrogen and oxygen atoms in total. The first-order valence-corrected chi connectivity index (χ1v) is 10.4. The molecular formula is C21H31IN6O2. The number of nitrogens with one attached hydrogen (secondary N) is 1. The highest BCUT2D eigenvalue weighted by molar-refractivity contribution is 14.0. The van der Waals surface area contributed by atoms with E-state index in [0.29, 0.717) is 19.7 Å². The summed E-state index contributed by atoms with van der Waals surface area (Å²) in [5.74, 6) is 2.05. The molecule has 3 heterocycles. The van der Waals surface area contributed by atoms with Crippen LogP contribution in [0.4, 0.5) is 0 Å². The molecule has 1 N–H and O–H groups in total. The van der Waals surface area contributed by atoms with Crippen molar-refractivity contribution in [1.82, 2.24) is 24.7 Å². The maximum Gasteiger partial charge on any atom is 0.251 e. The SMILES string of the molecule is CN=C(NCCn1c(C)nc2ccccc21)N1CCN(C(=O)C2CCCO2)CC1.I. The molecule has 30 heavy (non-hydrogen) atoms. The number of aromatic nitrogens is 2. The van der Waals surface area contributed by atoms with Crippen molar-refractivity contribution >= 4 is 46.9 Å². The monoisotopic (exact) mass is 526 g/mol. The Hall–Kier alpha value is -1.88. The highest BCUT2D eigenvalue weighted by Crippen LogP contribution is 2.16. The van der Waals surface area contributed by atoms with Gasteiger partial charge in [-0.2, -0.15) is 0 Å². The summed E-state index contributed by atoms with van der Waals surface area (Å²) in [6.07, 6.45) is 1.61. The number of ether oxygens (including phenoxy) is 1. The second-order valence-corrected chi connectivity index (χ2v) is 7.59. The van der Waals surface area contributed by atoms with Crippen LogP contribution in [0.2, 0.25) is 0 Å². The molecule has 2 fully saturated rings. The molecule has 1 aromatic carbocycles. The van der Waals surface area contributed by atoms with Crippen molar-refractivity contribution < 1.29 is 9.53 Å². The maximum absolute atomic E-state index is 12.5. The summed E-state index contributed by atoms with van der Waals surface area (Å²) in [5.41, 5.74) is 2.18. The number of piperazine rings is 1. The number of aliphatic imine (C=N–C) groups is 1. The van der Waals surface area contributed by atoms with Crippen LogP contribution < -0.4 is 5.32 Å². The van der Waals surface area contributed by atoms with Crippen LogP contribution in [0.3, 0.4) is 0 Å². The molecule has 2 aliphatic rings. The highest BCUT2D eigenvalue weighted by Gasteiger charge is 2.30. The lowest BCUT2D eigenvalue weighted by Gasteiger charge is -2.37. The van der Waals surface area contributed by atoms with E-state index < -0.39 is 0 Å². The first kappa shape index (κ1) is 22.8. The molecule has 9 heteroatoms. The van der Waals surface area contributed by atoms with Crippen molar-refractivity contribution in [3.8, 4) is 0 Å². The van der Waals surface area contributed by atoms with Gasteiger partial charge in [0.1, 0.15) is 11.9 Å². The third-order valence-electron chi connectivity index (χ3n) is 5.77. The number of fused-ring (bicyclic) bond motifs is 1. The zero-order chi connectivity index (χ0) is 20.2. The lowest BCUT2D eigenvalue weighted by molar-refractivity contribution is -0.142. The molecule has 1 amide bonds. The molecule has 0 spiro atoms. The van der Waals surface area contributed by atoms with E-state index in [1.165, 1.54) is 0 Å². The summed E-state index contributed by atoms with van der Waals surface area (Å²) in [6, 6.07) is 8.21. The molecule has 2 saturated heterocycles. The van der Waals surface area contributed by atoms with Crippen molar-refractivity contribution in [3.63, 3.8) is 0 Å². The largest absolute Gasteiger partial charge is 0.368 e. The number of carbonyl (C=O) groups excluding carboxylic acids is 1. The van der Waals surface area contributed by atoms with Gasteiger partial charge in [0.2, 0.25) is 0 Å². The Bertz CT molecular complexity index is 885. The Balaban J connectivity index is 0.00000256. The van der Waals surface area contributed by atoms with Gasteiger partial charge in [-0.05, 0) is 31.9 Å². The van der Waals surface area contributed by atoms with Gasteiger partial charge in [-0.3, -0.25) is 9.79 Å². The van der Waals surface area contributed by atoms with Crippen LogP contribution in [0, 0.1) is 6.92 Å². The summed E-state index contributed by atoms with van der Waals surface area (Å²) in [4.78, 5) is 25.7. The average molecular weight is 526 g/mol. The number of hydrogen-bond acceptors (Lipinski definition) is 4. The second kappa shape index (κ2) is 10.4. The van der Waals surface area contributed by atoms with Crippen LogP contribution in [0.25, 0.3) is 11.0 Å². The molecule has 2 aliphatic heterocycles. The number of benzene rings is 1. The topological polar surface area (TPSA) is 75.0 Å². The molecule has 4 rings (SSSR count). The van der Waals surface area contributed by atoms with E-state index >= 15 is 0 Å². The fourth-order valence-electron chi connectivity index (χ4n) is 4.20. The Morgan fingerprint density at radius 1 is 1.23 bits per heavy atom. The maximum atomic E-state index is 12.5. The molecule has 0 radical (unpaired) electrons. The third-order valence-corrected chi connectivity index (χ3v) is 5.77. The van der Waals surface area contributed by atoms with Gasteiger partial charge >= 0.3 is 0 Å². The molecule has 2 aromatic rings. The number of imidazole rings is 1. The summed E-state index contributed by atoms with van der Waals surface area (Å²) >= 11 is 0. The minimum absolute atomic E-state index is 0. The van der Waals surface area contributed by atoms with E-state index in [4.69, 9.17) is 4.74 Å². The normalized spacial score (nSPS) is 19.8. The van der Waals surface area contributed by atoms with Crippen molar-refractivity contribution in [2.75, 3.05) is 46.4 Å². The first-order valence-electron chi connectivity index (χ1n) is 10.4. The molecule has 0 saturated carbocycles. The van der Waals surface area contributed by atoms with Crippen molar-refractivity contribution in [2.45, 2.75) is 32.4 Å². The minimum atomic E-state index is -0.229. The summed E-state index contributed by atoms with van der Waals surface area (Å²) in [6.45, 7) is 7.33. The quantitative estimate of drug-likeness (QED) is 0.374. The van der Waals surface area contributed by atoms with Crippen molar-refractivity contribution in [3.05, 3.63) is 30.1 Å². The Morgan fingerprint density at radius 3 is 2.67 bits per heavy atom. The van der Waals surface area contributed by atoms with Gasteiger partial charge in [0.05, 0.1) is 11.0 Å². The lowest BCUT2D eigenvalue weighted by atomic mass is 10.2. The van der Waals surface area contributed by atoms with Gasteiger partial charge in [-0.15, -0.1) is 24.0 Å². The summed E-state index contributed by atoms with van der Waals surface area (Å²) in [5, 5.41) is 3.47. The Kier molecular flexibility index (Phi) is 7.93. The Labute approximate surface area is 194 Å². The predicted octanol–water partition coefficient (Wildman–Crippen LogP) is 1.86. The number of nitrogens with zero attached hydrogens (tertiary/aromatic N) is 5. The number of aryl methyl sites for hydroxylation is 1. The fraction of sp³-hybridized carbons (Fsp3) is 0.571. The van der Waals surface area contributed by atoms with Crippen LogP contribution in [0.15, 0.2) is 29.3 Å². The van der Waals surface area contributed by atoms with Crippen molar-refractivity contribution in [2.24, 2.45) is 4.99 Å². The first-order chi connectivity index (χ1) is 14.2. The number of carbonyl (C=O) groups is 1. The van der Waals surface area contributed by atoms with Crippen LogP contribution in [0.1, 0.15) is 18.7 Å². The Morgan fingerprint density at radius 2 is 1.97 bits per heavy atom. The number of hydrogen-bond donors (Lipinski definition) is 1. The molecule has 1 unspecified atom stereocenters. The van der Waals surface area contributed by atoms with Gasteiger partial charge in [0.15, 0.2) is 5.96 Å². The lowest BCUT2D eigenvalue weighted by Crippen LogP contribution is -2.55. The fourth-order valence-corrected chi connectivity index (χ4v) is 4.20. The van der Waals surface area contributed by atoms with Gasteiger partial charge in [-0.25, -0.2) is 4.98 Å². The standard InChI is InChI=1S/C21H30N6O2.HI/c1-16-24-17-6-3-4-7-18(17)27(16)10-9-23-21(22-2)26-13-11-25(12-14-26)20(28)19-8-5-15-29-19;/h3-4,6-7,19H,5,8-15H2,1-2H3,(H,22,23);1H. The number of rotatable bonds is 4. The molecule has 164 valence electrons. The smallest absolute Gasteiger partial charge is 0.251 e. The number of para-hydroxylation sites is 2. The van der Waals surface area contributed by atoms with E-state index in [0.717, 1.165) is 61.8 Å². The number of halogens is 1. The predicted molar refractivity (Wildman–Crippen MR) is 128 cm³/mol. The average Bonchev–Trinajstić information content (AvgIpc) is 3.39. The van der Waals surface area contributed by atoms with Gasteiger partial charge in [0, 0.05) is 52.9 Å². The molecular weight excluding hydrogens is 495 g/mol. The molecule has 1 atom stereocenters. The van der Waals surface area contributed by atoms with E-state index in [-0.39, 0.29) is 36.0 Å². The summed E-state index contributed by atoms with van der Waals surface area (Å²) in [7, 11) is 1.81. The van der Waals surface area contributed by atoms with E-state index in [9.17, 15) is 4.79 Å². The van der Waals surface area contributed by atoms with Crippen LogP contribution in [0.5, 0.6) is 0 Å². The van der Waals surface area contributed by atoms with Gasteiger partial charge in [-0.1, -0.05) is 12.1 Å². The van der Waals surface area contributed by atoms with E-state index in [1.807, 2.05) is 37.1 Å². The number of guanidine groups is 1. The van der Waals surface area contributed by atoms with E-state index in [2.05, 4.69) is 30.8 Å². The molecule has 1 aromatic heterocycles. The summed E-state index contributed by atoms with van der Waals surface area (Å²) < 4.78 is 7.77. The van der Waals surface area contributed by atoms with E-state index in [1.54, 1.807) is 0 Å². The van der Waals surface area contributed by atoms with Crippen molar-refractivity contribution in [1.29, 1.82) is 0 Å². The van der Waals surface area contributed by atoms with Gasteiger partial charge in [0.25, 0.3) is 5.91 Å². The zero-order valence-corrected chi connectivity index (χ0v) is 20.0. The van der Waals surface area contributed by atoms with Crippen LogP contribution >= 0.6 is 24.0 Å². The van der Waals surface area contributed by atoms with Gasteiger partial charge < -0.3 is 24.4 Å². The highest BCUT2D eigenvalue weighted by atomic mass is 127. The second-order valence-electron chi connectivity index (χ2n) is 7.59. The minimum Gasteiger partial charge on any atom is -0.368 e. The van der Waals surface area contributed by atoms with Crippen LogP contribution in [-0.2, 0) is 16.1 Å². The molecule has 0 bridgehead atoms. The third kappa shape index (κ3) is 4.88. The zero-order valence-electron chi connectivity index (χ0n) is 17.7. The number of amides is 1. The van der Waals surface area contributed by atoms with Crippen LogP contribution in [-0.4, -0.2) is 83.7 Å².